The van der Waals surface area contributed by atoms with Crippen LogP contribution in [0, 0.1) is 5.82 Å². The molecule has 0 aliphatic rings. The van der Waals surface area contributed by atoms with Gasteiger partial charge in [-0.2, -0.15) is 0 Å². The van der Waals surface area contributed by atoms with E-state index in [9.17, 15) is 14.0 Å². The van der Waals surface area contributed by atoms with Crippen molar-refractivity contribution in [2.45, 2.75) is 6.92 Å². The molecular weight excluding hydrogens is 354 g/mol. The number of carbonyl (C=O) groups excluding carboxylic acids is 2. The Morgan fingerprint density at radius 2 is 1.75 bits per heavy atom. The summed E-state index contributed by atoms with van der Waals surface area (Å²) in [5.41, 5.74) is 0.938. The third-order valence-corrected chi connectivity index (χ3v) is 4.06. The second-order valence-electron chi connectivity index (χ2n) is 5.03. The van der Waals surface area contributed by atoms with E-state index in [0.29, 0.717) is 21.3 Å². The highest BCUT2D eigenvalue weighted by Crippen LogP contribution is 2.22. The number of nitrogens with zero attached hydrogens (tertiary/aromatic N) is 1. The minimum absolute atomic E-state index is 0.203. The highest BCUT2D eigenvalue weighted by Gasteiger charge is 2.13. The standard InChI is InChI=1S/C17H15Cl2FN2O2/c1-11(23)22(14-5-3-13(20)4-6-14)9-8-21-17(24)12-2-7-15(18)16(19)10-12/h2-7,10H,8-9H2,1H3,(H,21,24). The van der Waals surface area contributed by atoms with Gasteiger partial charge < -0.3 is 10.2 Å². The van der Waals surface area contributed by atoms with Gasteiger partial charge in [0.25, 0.3) is 5.91 Å². The Hall–Kier alpha value is -2.11. The molecule has 0 fully saturated rings. The summed E-state index contributed by atoms with van der Waals surface area (Å²) in [6.45, 7) is 1.90. The van der Waals surface area contributed by atoms with E-state index in [1.807, 2.05) is 0 Å². The Morgan fingerprint density at radius 3 is 2.33 bits per heavy atom. The molecule has 7 heteroatoms. The van der Waals surface area contributed by atoms with E-state index in [4.69, 9.17) is 23.2 Å². The van der Waals surface area contributed by atoms with Crippen LogP contribution in [0.15, 0.2) is 42.5 Å². The van der Waals surface area contributed by atoms with Gasteiger partial charge in [0.1, 0.15) is 5.82 Å². The van der Waals surface area contributed by atoms with Gasteiger partial charge in [-0.15, -0.1) is 0 Å². The molecule has 0 saturated heterocycles. The molecule has 24 heavy (non-hydrogen) atoms. The number of halogens is 3. The molecule has 1 N–H and O–H groups in total. The van der Waals surface area contributed by atoms with Crippen LogP contribution < -0.4 is 10.2 Å². The number of carbonyl (C=O) groups is 2. The Kier molecular flexibility index (Phi) is 6.17. The third kappa shape index (κ3) is 4.69. The monoisotopic (exact) mass is 368 g/mol. The fraction of sp³-hybridized carbons (Fsp3) is 0.176. The van der Waals surface area contributed by atoms with E-state index in [2.05, 4.69) is 5.32 Å². The summed E-state index contributed by atoms with van der Waals surface area (Å²) in [4.78, 5) is 25.3. The van der Waals surface area contributed by atoms with Crippen LogP contribution in [0.4, 0.5) is 10.1 Å². The molecule has 0 radical (unpaired) electrons. The fourth-order valence-electron chi connectivity index (χ4n) is 2.11. The van der Waals surface area contributed by atoms with Gasteiger partial charge in [0.05, 0.1) is 10.0 Å². The van der Waals surface area contributed by atoms with Gasteiger partial charge in [0.2, 0.25) is 5.91 Å². The van der Waals surface area contributed by atoms with Gasteiger partial charge in [-0.05, 0) is 42.5 Å². The molecular formula is C17H15Cl2FN2O2. The van der Waals surface area contributed by atoms with Crippen LogP contribution >= 0.6 is 23.2 Å². The van der Waals surface area contributed by atoms with Crippen molar-refractivity contribution >= 4 is 40.7 Å². The zero-order valence-electron chi connectivity index (χ0n) is 12.9. The van der Waals surface area contributed by atoms with E-state index in [1.165, 1.54) is 42.2 Å². The Bertz CT molecular complexity index is 751. The van der Waals surface area contributed by atoms with Gasteiger partial charge in [-0.1, -0.05) is 23.2 Å². The van der Waals surface area contributed by atoms with Crippen LogP contribution in [0.1, 0.15) is 17.3 Å². The number of rotatable bonds is 5. The molecule has 2 aromatic carbocycles. The van der Waals surface area contributed by atoms with Crippen molar-refractivity contribution < 1.29 is 14.0 Å². The van der Waals surface area contributed by atoms with E-state index in [0.717, 1.165) is 0 Å². The summed E-state index contributed by atoms with van der Waals surface area (Å²) in [5, 5.41) is 3.36. The molecule has 0 bridgehead atoms. The number of amides is 2. The van der Waals surface area contributed by atoms with Crippen molar-refractivity contribution in [3.05, 3.63) is 63.9 Å². The molecule has 2 aromatic rings. The molecule has 0 atom stereocenters. The molecule has 0 aliphatic carbocycles. The first-order chi connectivity index (χ1) is 11.4. The number of hydrogen-bond donors (Lipinski definition) is 1. The molecule has 0 aromatic heterocycles. The van der Waals surface area contributed by atoms with Crippen molar-refractivity contribution in [2.24, 2.45) is 0 Å². The lowest BCUT2D eigenvalue weighted by Gasteiger charge is -2.21. The molecule has 2 rings (SSSR count). The minimum Gasteiger partial charge on any atom is -0.350 e. The van der Waals surface area contributed by atoms with Crippen molar-refractivity contribution in [3.63, 3.8) is 0 Å². The summed E-state index contributed by atoms with van der Waals surface area (Å²) in [7, 11) is 0. The first-order valence-electron chi connectivity index (χ1n) is 7.15. The van der Waals surface area contributed by atoms with Crippen molar-refractivity contribution in [2.75, 3.05) is 18.0 Å². The maximum Gasteiger partial charge on any atom is 0.251 e. The average Bonchev–Trinajstić information content (AvgIpc) is 2.54. The quantitative estimate of drug-likeness (QED) is 0.869. The third-order valence-electron chi connectivity index (χ3n) is 3.32. The van der Waals surface area contributed by atoms with Crippen molar-refractivity contribution in [3.8, 4) is 0 Å². The summed E-state index contributed by atoms with van der Waals surface area (Å²) < 4.78 is 13.0. The minimum atomic E-state index is -0.379. The predicted molar refractivity (Wildman–Crippen MR) is 93.2 cm³/mol. The highest BCUT2D eigenvalue weighted by molar-refractivity contribution is 6.42. The topological polar surface area (TPSA) is 49.4 Å². The number of benzene rings is 2. The molecule has 4 nitrogen and oxygen atoms in total. The Morgan fingerprint density at radius 1 is 1.08 bits per heavy atom. The van der Waals surface area contributed by atoms with Gasteiger partial charge in [0.15, 0.2) is 0 Å². The van der Waals surface area contributed by atoms with Crippen LogP contribution in [0.3, 0.4) is 0 Å². The molecule has 0 spiro atoms. The maximum atomic E-state index is 13.0. The van der Waals surface area contributed by atoms with E-state index in [-0.39, 0.29) is 30.7 Å². The molecule has 0 saturated carbocycles. The average molecular weight is 369 g/mol. The van der Waals surface area contributed by atoms with Crippen LogP contribution in [0.5, 0.6) is 0 Å². The molecule has 126 valence electrons. The van der Waals surface area contributed by atoms with E-state index in [1.54, 1.807) is 12.1 Å². The zero-order valence-corrected chi connectivity index (χ0v) is 14.4. The normalized spacial score (nSPS) is 10.3. The number of hydrogen-bond acceptors (Lipinski definition) is 2. The van der Waals surface area contributed by atoms with Crippen LogP contribution in [0.2, 0.25) is 10.0 Å². The highest BCUT2D eigenvalue weighted by atomic mass is 35.5. The van der Waals surface area contributed by atoms with Gasteiger partial charge in [-0.25, -0.2) is 4.39 Å². The van der Waals surface area contributed by atoms with Crippen LogP contribution in [-0.2, 0) is 4.79 Å². The molecule has 2 amide bonds. The first kappa shape index (κ1) is 18.2. The lowest BCUT2D eigenvalue weighted by Crippen LogP contribution is -2.37. The van der Waals surface area contributed by atoms with Gasteiger partial charge in [0, 0.05) is 31.3 Å². The largest absolute Gasteiger partial charge is 0.350 e. The van der Waals surface area contributed by atoms with Crippen LogP contribution in [-0.4, -0.2) is 24.9 Å². The fourth-order valence-corrected chi connectivity index (χ4v) is 2.41. The Balaban J connectivity index is 1.97. The zero-order chi connectivity index (χ0) is 17.7. The van der Waals surface area contributed by atoms with E-state index < -0.39 is 0 Å². The van der Waals surface area contributed by atoms with Crippen molar-refractivity contribution in [1.82, 2.24) is 5.32 Å². The maximum absolute atomic E-state index is 13.0. The molecule has 0 unspecified atom stereocenters. The lowest BCUT2D eigenvalue weighted by molar-refractivity contribution is -0.116. The Labute approximate surface area is 149 Å². The molecule has 0 heterocycles. The smallest absolute Gasteiger partial charge is 0.251 e. The van der Waals surface area contributed by atoms with E-state index >= 15 is 0 Å². The number of nitrogens with one attached hydrogen (secondary N) is 1. The second-order valence-corrected chi connectivity index (χ2v) is 5.85. The van der Waals surface area contributed by atoms with Gasteiger partial charge >= 0.3 is 0 Å². The summed E-state index contributed by atoms with van der Waals surface area (Å²) in [6, 6.07) is 10.2. The second kappa shape index (κ2) is 8.13. The first-order valence-corrected chi connectivity index (χ1v) is 7.91. The van der Waals surface area contributed by atoms with Crippen LogP contribution in [0.25, 0.3) is 0 Å². The van der Waals surface area contributed by atoms with Gasteiger partial charge in [-0.3, -0.25) is 9.59 Å². The number of anilines is 1. The predicted octanol–water partition coefficient (Wildman–Crippen LogP) is 3.92. The summed E-state index contributed by atoms with van der Waals surface area (Å²) >= 11 is 11.7. The lowest BCUT2D eigenvalue weighted by atomic mass is 10.2. The summed E-state index contributed by atoms with van der Waals surface area (Å²) in [6.07, 6.45) is 0. The van der Waals surface area contributed by atoms with Crippen molar-refractivity contribution in [1.29, 1.82) is 0 Å². The SMILES string of the molecule is CC(=O)N(CCNC(=O)c1ccc(Cl)c(Cl)c1)c1ccc(F)cc1. The molecule has 0 aliphatic heterocycles. The summed E-state index contributed by atoms with van der Waals surface area (Å²) in [5.74, 6) is -0.906.